The first-order valence-corrected chi connectivity index (χ1v) is 12.4. The largest absolute Gasteiger partial charge is 0.433 e. The highest BCUT2D eigenvalue weighted by atomic mass is 32.2. The number of carbonyl (C=O) groups excluding carboxylic acids is 1. The smallest absolute Gasteiger partial charge is 0.383 e. The molecular weight excluding hydrogens is 504 g/mol. The molecule has 0 saturated heterocycles. The third-order valence-electron chi connectivity index (χ3n) is 4.93. The van der Waals surface area contributed by atoms with Gasteiger partial charge in [-0.2, -0.15) is 13.2 Å². The van der Waals surface area contributed by atoms with E-state index < -0.39 is 33.6 Å². The molecule has 0 aromatic heterocycles. The fourth-order valence-electron chi connectivity index (χ4n) is 3.20. The number of methoxy groups -OCH3 is 1. The lowest BCUT2D eigenvalue weighted by molar-refractivity contribution is -0.120. The highest BCUT2D eigenvalue weighted by molar-refractivity contribution is 7.92. The normalized spacial score (nSPS) is 15.1. The van der Waals surface area contributed by atoms with Crippen molar-refractivity contribution < 1.29 is 35.5 Å². The summed E-state index contributed by atoms with van der Waals surface area (Å²) in [5.74, 6) is 0.901. The van der Waals surface area contributed by atoms with Gasteiger partial charge in [-0.1, -0.05) is 12.0 Å². The quantitative estimate of drug-likeness (QED) is 0.378. The van der Waals surface area contributed by atoms with Crippen molar-refractivity contribution in [2.45, 2.75) is 25.6 Å². The zero-order chi connectivity index (χ0) is 27.1. The molecule has 2 rings (SSSR count). The van der Waals surface area contributed by atoms with E-state index in [0.717, 1.165) is 18.4 Å². The lowest BCUT2D eigenvalue weighted by Gasteiger charge is -2.26. The number of terminal acetylenes is 1. The number of sulfonamides is 1. The van der Waals surface area contributed by atoms with E-state index in [0.29, 0.717) is 5.57 Å². The minimum absolute atomic E-state index is 0.0406. The predicted molar refractivity (Wildman–Crippen MR) is 128 cm³/mol. The van der Waals surface area contributed by atoms with Crippen molar-refractivity contribution in [2.75, 3.05) is 38.3 Å². The highest BCUT2D eigenvalue weighted by Crippen LogP contribution is 2.31. The fourth-order valence-corrected chi connectivity index (χ4v) is 3.78. The van der Waals surface area contributed by atoms with E-state index >= 15 is 0 Å². The second-order valence-corrected chi connectivity index (χ2v) is 9.62. The van der Waals surface area contributed by atoms with Crippen LogP contribution in [0.4, 0.5) is 23.2 Å². The van der Waals surface area contributed by atoms with Crippen molar-refractivity contribution in [1.82, 2.24) is 10.2 Å². The summed E-state index contributed by atoms with van der Waals surface area (Å²) >= 11 is 0. The van der Waals surface area contributed by atoms with E-state index in [4.69, 9.17) is 11.2 Å². The van der Waals surface area contributed by atoms with Crippen LogP contribution in [0.5, 0.6) is 0 Å². The molecule has 13 heteroatoms. The fraction of sp³-hybridized carbons (Fsp3) is 0.391. The lowest BCUT2D eigenvalue weighted by atomic mass is 10.0. The Morgan fingerprint density at radius 3 is 2.64 bits per heavy atom. The number of nitrogens with one attached hydrogen (secondary N) is 2. The number of likely N-dealkylation sites (N-methyl/N-ethyl adjacent to an activating group) is 1. The molecule has 36 heavy (non-hydrogen) atoms. The van der Waals surface area contributed by atoms with Crippen LogP contribution in [-0.2, 0) is 26.1 Å². The van der Waals surface area contributed by atoms with E-state index in [1.165, 1.54) is 24.2 Å². The van der Waals surface area contributed by atoms with Crippen LogP contribution in [0.2, 0.25) is 0 Å². The maximum Gasteiger partial charge on any atom is 0.433 e. The molecule has 0 atom stereocenters. The standard InChI is InChI=1S/C23H26F4N4O4S/c1-5-16-12-15(13-18(24)21(16)30-36(4,33)34)14-28-20(32)9-7-17-6-8-19(23(25,26)27)29-22(17)31(2)10-11-35-3/h1,7-8,12-13,30H,6,9-11,14H2,2-4H3,(H,28,32). The van der Waals surface area contributed by atoms with Gasteiger partial charge < -0.3 is 15.0 Å². The molecular formula is C23H26F4N4O4S. The first-order chi connectivity index (χ1) is 16.7. The van der Waals surface area contributed by atoms with Crippen molar-refractivity contribution in [3.05, 3.63) is 52.5 Å². The van der Waals surface area contributed by atoms with Gasteiger partial charge in [-0.15, -0.1) is 6.42 Å². The average Bonchev–Trinajstić information content (AvgIpc) is 2.79. The Hall–Kier alpha value is -3.37. The Bertz CT molecular complexity index is 1230. The minimum Gasteiger partial charge on any atom is -0.383 e. The van der Waals surface area contributed by atoms with Crippen LogP contribution in [-0.4, -0.2) is 64.8 Å². The molecule has 0 unspecified atom stereocenters. The Morgan fingerprint density at radius 2 is 2.06 bits per heavy atom. The number of amidine groups is 1. The summed E-state index contributed by atoms with van der Waals surface area (Å²) in [5.41, 5.74) is -0.691. The molecule has 1 aromatic rings. The summed E-state index contributed by atoms with van der Waals surface area (Å²) in [6.07, 6.45) is 3.80. The molecule has 0 saturated carbocycles. The van der Waals surface area contributed by atoms with Gasteiger partial charge in [-0.05, 0) is 35.8 Å². The van der Waals surface area contributed by atoms with E-state index in [9.17, 15) is 30.8 Å². The van der Waals surface area contributed by atoms with Gasteiger partial charge in [-0.3, -0.25) is 9.52 Å². The number of carbonyl (C=O) groups is 1. The molecule has 1 amide bonds. The summed E-state index contributed by atoms with van der Waals surface area (Å²) in [6.45, 7) is 0.444. The van der Waals surface area contributed by atoms with E-state index in [2.05, 4.69) is 16.2 Å². The third-order valence-corrected chi connectivity index (χ3v) is 5.50. The zero-order valence-corrected chi connectivity index (χ0v) is 20.7. The monoisotopic (exact) mass is 530 g/mol. The molecule has 1 aromatic carbocycles. The number of ether oxygens (including phenoxy) is 1. The number of hydrogen-bond donors (Lipinski definition) is 2. The average molecular weight is 531 g/mol. The van der Waals surface area contributed by atoms with Gasteiger partial charge in [0, 0.05) is 33.7 Å². The number of hydrogen-bond acceptors (Lipinski definition) is 6. The summed E-state index contributed by atoms with van der Waals surface area (Å²) in [5, 5.41) is 2.57. The number of halogens is 4. The number of anilines is 1. The minimum atomic E-state index is -4.60. The molecule has 0 bridgehead atoms. The number of allylic oxidation sites excluding steroid dienone is 2. The van der Waals surface area contributed by atoms with Gasteiger partial charge in [0.2, 0.25) is 15.9 Å². The second kappa shape index (κ2) is 12.0. The summed E-state index contributed by atoms with van der Waals surface area (Å²) in [7, 11) is -0.726. The molecule has 0 fully saturated rings. The first kappa shape index (κ1) is 28.9. The number of benzene rings is 1. The van der Waals surface area contributed by atoms with Crippen molar-refractivity contribution in [1.29, 1.82) is 0 Å². The second-order valence-electron chi connectivity index (χ2n) is 7.87. The molecule has 0 spiro atoms. The number of nitrogens with zero attached hydrogens (tertiary/aromatic N) is 2. The molecule has 1 heterocycles. The maximum atomic E-state index is 14.4. The van der Waals surface area contributed by atoms with E-state index in [1.807, 2.05) is 4.72 Å². The molecule has 196 valence electrons. The van der Waals surface area contributed by atoms with Crippen molar-refractivity contribution in [3.63, 3.8) is 0 Å². The highest BCUT2D eigenvalue weighted by Gasteiger charge is 2.36. The van der Waals surface area contributed by atoms with E-state index in [1.54, 1.807) is 7.05 Å². The van der Waals surface area contributed by atoms with Crippen molar-refractivity contribution in [3.8, 4) is 12.3 Å². The van der Waals surface area contributed by atoms with Gasteiger partial charge in [0.1, 0.15) is 17.3 Å². The Morgan fingerprint density at radius 1 is 1.36 bits per heavy atom. The summed E-state index contributed by atoms with van der Waals surface area (Å²) in [4.78, 5) is 17.6. The van der Waals surface area contributed by atoms with Crippen LogP contribution in [0.3, 0.4) is 0 Å². The molecule has 0 aliphatic carbocycles. The summed E-state index contributed by atoms with van der Waals surface area (Å²) < 4.78 is 83.7. The molecule has 0 radical (unpaired) electrons. The number of rotatable bonds is 9. The zero-order valence-electron chi connectivity index (χ0n) is 19.9. The SMILES string of the molecule is C#Cc1cc(CNC(=O)CC=C2CC=C(C(F)(F)F)N=C2N(C)CCOC)cc(F)c1NS(C)(=O)=O. The maximum absolute atomic E-state index is 14.4. The van der Waals surface area contributed by atoms with Crippen LogP contribution in [0.25, 0.3) is 0 Å². The van der Waals surface area contributed by atoms with Crippen molar-refractivity contribution >= 4 is 27.5 Å². The Labute approximate surface area is 207 Å². The molecule has 1 aliphatic rings. The predicted octanol–water partition coefficient (Wildman–Crippen LogP) is 2.94. The molecule has 1 aliphatic heterocycles. The van der Waals surface area contributed by atoms with Gasteiger partial charge in [0.05, 0.1) is 24.1 Å². The Kier molecular flexibility index (Phi) is 9.66. The van der Waals surface area contributed by atoms with Crippen LogP contribution in [0, 0.1) is 18.2 Å². The van der Waals surface area contributed by atoms with E-state index in [-0.39, 0.29) is 55.2 Å². The van der Waals surface area contributed by atoms with Gasteiger partial charge in [0.25, 0.3) is 0 Å². The number of alkyl halides is 3. The number of aliphatic imine (C=N–C) groups is 1. The van der Waals surface area contributed by atoms with Crippen molar-refractivity contribution in [2.24, 2.45) is 4.99 Å². The van der Waals surface area contributed by atoms with Gasteiger partial charge in [0.15, 0.2) is 0 Å². The number of amides is 1. The van der Waals surface area contributed by atoms with Crippen LogP contribution in [0.15, 0.2) is 40.5 Å². The molecule has 2 N–H and O–H groups in total. The summed E-state index contributed by atoms with van der Waals surface area (Å²) in [6, 6.07) is 2.39. The third kappa shape index (κ3) is 8.39. The van der Waals surface area contributed by atoms with Crippen LogP contribution in [0.1, 0.15) is 24.0 Å². The Balaban J connectivity index is 2.12. The van der Waals surface area contributed by atoms with Crippen LogP contribution >= 0.6 is 0 Å². The van der Waals surface area contributed by atoms with Gasteiger partial charge in [-0.25, -0.2) is 17.8 Å². The topological polar surface area (TPSA) is 100 Å². The van der Waals surface area contributed by atoms with Gasteiger partial charge >= 0.3 is 6.18 Å². The first-order valence-electron chi connectivity index (χ1n) is 10.5. The molecule has 8 nitrogen and oxygen atoms in total. The lowest BCUT2D eigenvalue weighted by Crippen LogP contribution is -2.34. The van der Waals surface area contributed by atoms with Crippen LogP contribution < -0.4 is 10.0 Å².